The topological polar surface area (TPSA) is 41.6 Å². The van der Waals surface area contributed by atoms with Crippen molar-refractivity contribution in [2.24, 2.45) is 5.92 Å². The molecule has 1 fully saturated rings. The van der Waals surface area contributed by atoms with Gasteiger partial charge in [-0.2, -0.15) is 0 Å². The van der Waals surface area contributed by atoms with Gasteiger partial charge >= 0.3 is 6.03 Å². The van der Waals surface area contributed by atoms with Crippen LogP contribution in [-0.2, 0) is 11.3 Å². The maximum atomic E-state index is 12.1. The second kappa shape index (κ2) is 6.57. The quantitative estimate of drug-likeness (QED) is 0.907. The van der Waals surface area contributed by atoms with Crippen LogP contribution in [0, 0.1) is 5.92 Å². The summed E-state index contributed by atoms with van der Waals surface area (Å²) in [5.41, 5.74) is 1.12. The third kappa shape index (κ3) is 3.70. The molecule has 0 aromatic heterocycles. The summed E-state index contributed by atoms with van der Waals surface area (Å²) < 4.78 is 5.42. The molecule has 0 aliphatic carbocycles. The SMILES string of the molecule is COC1CN(C(=O)NCc2ccccc2)CCC1C. The molecule has 1 heterocycles. The molecule has 2 atom stereocenters. The van der Waals surface area contributed by atoms with Crippen LogP contribution in [0.1, 0.15) is 18.9 Å². The Kier molecular flexibility index (Phi) is 4.80. The fourth-order valence-corrected chi connectivity index (χ4v) is 2.41. The zero-order valence-corrected chi connectivity index (χ0v) is 11.6. The lowest BCUT2D eigenvalue weighted by molar-refractivity contribution is 0.00714. The molecule has 0 saturated carbocycles. The van der Waals surface area contributed by atoms with Crippen LogP contribution in [0.2, 0.25) is 0 Å². The number of urea groups is 1. The number of methoxy groups -OCH3 is 1. The molecule has 104 valence electrons. The number of carbonyl (C=O) groups excluding carboxylic acids is 1. The first kappa shape index (κ1) is 13.9. The highest BCUT2D eigenvalue weighted by Crippen LogP contribution is 2.19. The number of carbonyl (C=O) groups is 1. The van der Waals surface area contributed by atoms with Gasteiger partial charge in [0.2, 0.25) is 0 Å². The van der Waals surface area contributed by atoms with Gasteiger partial charge in [0.15, 0.2) is 0 Å². The van der Waals surface area contributed by atoms with Gasteiger partial charge in [-0.1, -0.05) is 37.3 Å². The zero-order chi connectivity index (χ0) is 13.7. The fraction of sp³-hybridized carbons (Fsp3) is 0.533. The number of nitrogens with one attached hydrogen (secondary N) is 1. The predicted octanol–water partition coefficient (Wildman–Crippen LogP) is 2.25. The minimum absolute atomic E-state index is 0.00203. The summed E-state index contributed by atoms with van der Waals surface area (Å²) in [7, 11) is 1.71. The standard InChI is InChI=1S/C15H22N2O2/c1-12-8-9-17(11-14(12)19-2)15(18)16-10-13-6-4-3-5-7-13/h3-7,12,14H,8-11H2,1-2H3,(H,16,18). The van der Waals surface area contributed by atoms with Crippen LogP contribution in [0.3, 0.4) is 0 Å². The van der Waals surface area contributed by atoms with E-state index in [0.717, 1.165) is 18.5 Å². The van der Waals surface area contributed by atoms with Crippen LogP contribution < -0.4 is 5.32 Å². The average Bonchev–Trinajstić information content (AvgIpc) is 2.46. The lowest BCUT2D eigenvalue weighted by Crippen LogP contribution is -2.50. The van der Waals surface area contributed by atoms with Gasteiger partial charge in [0.05, 0.1) is 6.10 Å². The summed E-state index contributed by atoms with van der Waals surface area (Å²) in [5, 5.41) is 2.96. The van der Waals surface area contributed by atoms with Crippen LogP contribution in [0.15, 0.2) is 30.3 Å². The number of hydrogen-bond donors (Lipinski definition) is 1. The first-order valence-electron chi connectivity index (χ1n) is 6.80. The number of ether oxygens (including phenoxy) is 1. The van der Waals surface area contributed by atoms with Crippen LogP contribution in [0.5, 0.6) is 0 Å². The van der Waals surface area contributed by atoms with E-state index >= 15 is 0 Å². The number of hydrogen-bond acceptors (Lipinski definition) is 2. The third-order valence-corrected chi connectivity index (χ3v) is 3.77. The molecule has 1 aromatic carbocycles. The zero-order valence-electron chi connectivity index (χ0n) is 11.6. The van der Waals surface area contributed by atoms with Gasteiger partial charge in [-0.25, -0.2) is 4.79 Å². The summed E-state index contributed by atoms with van der Waals surface area (Å²) in [5.74, 6) is 0.517. The van der Waals surface area contributed by atoms with Crippen LogP contribution in [0.4, 0.5) is 4.79 Å². The van der Waals surface area contributed by atoms with E-state index in [0.29, 0.717) is 19.0 Å². The highest BCUT2D eigenvalue weighted by atomic mass is 16.5. The molecule has 1 saturated heterocycles. The van der Waals surface area contributed by atoms with Crippen molar-refractivity contribution in [1.82, 2.24) is 10.2 Å². The van der Waals surface area contributed by atoms with E-state index in [1.807, 2.05) is 35.2 Å². The molecule has 2 unspecified atom stereocenters. The number of rotatable bonds is 3. The van der Waals surface area contributed by atoms with Crippen molar-refractivity contribution in [1.29, 1.82) is 0 Å². The Morgan fingerprint density at radius 3 is 2.84 bits per heavy atom. The number of amides is 2. The lowest BCUT2D eigenvalue weighted by atomic mass is 9.96. The van der Waals surface area contributed by atoms with Crippen LogP contribution in [-0.4, -0.2) is 37.2 Å². The monoisotopic (exact) mass is 262 g/mol. The van der Waals surface area contributed by atoms with E-state index in [2.05, 4.69) is 12.2 Å². The molecule has 0 radical (unpaired) electrons. The number of benzene rings is 1. The van der Waals surface area contributed by atoms with Crippen molar-refractivity contribution >= 4 is 6.03 Å². The van der Waals surface area contributed by atoms with Crippen LogP contribution in [0.25, 0.3) is 0 Å². The molecule has 0 bridgehead atoms. The van der Waals surface area contributed by atoms with E-state index in [4.69, 9.17) is 4.74 Å². The summed E-state index contributed by atoms with van der Waals surface area (Å²) in [6.07, 6.45) is 1.15. The first-order valence-corrected chi connectivity index (χ1v) is 6.80. The highest BCUT2D eigenvalue weighted by Gasteiger charge is 2.28. The van der Waals surface area contributed by atoms with E-state index in [9.17, 15) is 4.79 Å². The summed E-state index contributed by atoms with van der Waals surface area (Å²) in [6.45, 7) is 4.23. The van der Waals surface area contributed by atoms with E-state index < -0.39 is 0 Å². The third-order valence-electron chi connectivity index (χ3n) is 3.77. The largest absolute Gasteiger partial charge is 0.379 e. The van der Waals surface area contributed by atoms with Gasteiger partial charge in [-0.05, 0) is 17.9 Å². The second-order valence-electron chi connectivity index (χ2n) is 5.13. The van der Waals surface area contributed by atoms with Gasteiger partial charge < -0.3 is 15.0 Å². The molecule has 2 rings (SSSR count). The van der Waals surface area contributed by atoms with Crippen molar-refractivity contribution in [3.05, 3.63) is 35.9 Å². The molecule has 1 N–H and O–H groups in total. The van der Waals surface area contributed by atoms with E-state index in [1.165, 1.54) is 0 Å². The minimum Gasteiger partial charge on any atom is -0.379 e. The number of nitrogens with zero attached hydrogens (tertiary/aromatic N) is 1. The van der Waals surface area contributed by atoms with Gasteiger partial charge in [0.1, 0.15) is 0 Å². The Morgan fingerprint density at radius 2 is 2.16 bits per heavy atom. The van der Waals surface area contributed by atoms with E-state index in [1.54, 1.807) is 7.11 Å². The summed E-state index contributed by atoms with van der Waals surface area (Å²) in [4.78, 5) is 13.9. The predicted molar refractivity (Wildman–Crippen MR) is 74.8 cm³/mol. The molecule has 2 amide bonds. The van der Waals surface area contributed by atoms with Crippen LogP contribution >= 0.6 is 0 Å². The highest BCUT2D eigenvalue weighted by molar-refractivity contribution is 5.74. The second-order valence-corrected chi connectivity index (χ2v) is 5.13. The number of likely N-dealkylation sites (tertiary alicyclic amines) is 1. The van der Waals surface area contributed by atoms with Crippen molar-refractivity contribution in [3.8, 4) is 0 Å². The van der Waals surface area contributed by atoms with Crippen molar-refractivity contribution < 1.29 is 9.53 Å². The molecular formula is C15H22N2O2. The summed E-state index contributed by atoms with van der Waals surface area (Å²) >= 11 is 0. The number of piperidine rings is 1. The molecule has 4 nitrogen and oxygen atoms in total. The maximum absolute atomic E-state index is 12.1. The van der Waals surface area contributed by atoms with Crippen molar-refractivity contribution in [2.45, 2.75) is 26.0 Å². The molecule has 0 spiro atoms. The Labute approximate surface area is 114 Å². The average molecular weight is 262 g/mol. The van der Waals surface area contributed by atoms with Gasteiger partial charge in [0.25, 0.3) is 0 Å². The van der Waals surface area contributed by atoms with Crippen molar-refractivity contribution in [2.75, 3.05) is 20.2 Å². The Morgan fingerprint density at radius 1 is 1.42 bits per heavy atom. The Balaban J connectivity index is 1.83. The van der Waals surface area contributed by atoms with Gasteiger partial charge in [0, 0.05) is 26.7 Å². The Hall–Kier alpha value is -1.55. The van der Waals surface area contributed by atoms with Gasteiger partial charge in [-0.3, -0.25) is 0 Å². The normalized spacial score (nSPS) is 23.2. The maximum Gasteiger partial charge on any atom is 0.317 e. The Bertz CT molecular complexity index is 408. The summed E-state index contributed by atoms with van der Waals surface area (Å²) in [6, 6.07) is 9.95. The molecule has 1 aromatic rings. The molecule has 1 aliphatic heterocycles. The first-order chi connectivity index (χ1) is 9.20. The van der Waals surface area contributed by atoms with Crippen molar-refractivity contribution in [3.63, 3.8) is 0 Å². The van der Waals surface area contributed by atoms with Gasteiger partial charge in [-0.15, -0.1) is 0 Å². The lowest BCUT2D eigenvalue weighted by Gasteiger charge is -2.36. The molecule has 1 aliphatic rings. The smallest absolute Gasteiger partial charge is 0.317 e. The molecular weight excluding hydrogens is 240 g/mol. The molecule has 4 heteroatoms. The minimum atomic E-state index is -0.00203. The molecule has 19 heavy (non-hydrogen) atoms. The van der Waals surface area contributed by atoms with E-state index in [-0.39, 0.29) is 12.1 Å². The fourth-order valence-electron chi connectivity index (χ4n) is 2.41.